The van der Waals surface area contributed by atoms with Crippen LogP contribution in [0.1, 0.15) is 29.1 Å². The van der Waals surface area contributed by atoms with Crippen LogP contribution in [0.3, 0.4) is 0 Å². The number of nitrogens with zero attached hydrogens (tertiary/aromatic N) is 2. The van der Waals surface area contributed by atoms with Gasteiger partial charge in [0.15, 0.2) is 5.13 Å². The Hall–Kier alpha value is -1.93. The fourth-order valence-corrected chi connectivity index (χ4v) is 2.15. The molecule has 0 radical (unpaired) electrons. The number of hydrogen-bond acceptors (Lipinski definition) is 7. The Morgan fingerprint density at radius 1 is 1.58 bits per heavy atom. The molecule has 7 nitrogen and oxygen atoms in total. The highest BCUT2D eigenvalue weighted by molar-refractivity contribution is 7.13. The molecule has 0 fully saturated rings. The number of aryl methyl sites for hydroxylation is 2. The molecular formula is C11H14N4O3S. The highest BCUT2D eigenvalue weighted by Gasteiger charge is 2.17. The van der Waals surface area contributed by atoms with Crippen LogP contribution in [-0.4, -0.2) is 21.0 Å². The SMILES string of the molecule is Cc1nc(CNc2nc(C(N)C(=O)O)cs2)oc1C. The van der Waals surface area contributed by atoms with Gasteiger partial charge in [0.05, 0.1) is 17.9 Å². The number of aliphatic carboxylic acids is 1. The monoisotopic (exact) mass is 282 g/mol. The molecule has 19 heavy (non-hydrogen) atoms. The van der Waals surface area contributed by atoms with E-state index in [-0.39, 0.29) is 0 Å². The summed E-state index contributed by atoms with van der Waals surface area (Å²) >= 11 is 1.29. The van der Waals surface area contributed by atoms with Crippen molar-refractivity contribution in [2.75, 3.05) is 5.32 Å². The molecule has 2 aromatic rings. The third kappa shape index (κ3) is 3.09. The maximum atomic E-state index is 10.7. The van der Waals surface area contributed by atoms with Gasteiger partial charge in [-0.05, 0) is 13.8 Å². The minimum Gasteiger partial charge on any atom is -0.480 e. The Bertz CT molecular complexity index is 573. The van der Waals surface area contributed by atoms with Gasteiger partial charge in [-0.25, -0.2) is 9.97 Å². The van der Waals surface area contributed by atoms with Crippen molar-refractivity contribution < 1.29 is 14.3 Å². The minimum absolute atomic E-state index is 0.333. The number of anilines is 1. The van der Waals surface area contributed by atoms with E-state index >= 15 is 0 Å². The van der Waals surface area contributed by atoms with Crippen LogP contribution in [0.5, 0.6) is 0 Å². The lowest BCUT2D eigenvalue weighted by Gasteiger charge is -2.01. The van der Waals surface area contributed by atoms with Crippen LogP contribution in [0.15, 0.2) is 9.80 Å². The van der Waals surface area contributed by atoms with Crippen molar-refractivity contribution in [3.63, 3.8) is 0 Å². The molecule has 102 valence electrons. The molecule has 1 unspecified atom stereocenters. The van der Waals surface area contributed by atoms with Crippen molar-refractivity contribution >= 4 is 22.4 Å². The molecule has 0 amide bonds. The second kappa shape index (κ2) is 5.37. The molecule has 0 aliphatic heterocycles. The molecule has 2 rings (SSSR count). The van der Waals surface area contributed by atoms with Crippen LogP contribution >= 0.6 is 11.3 Å². The molecule has 0 spiro atoms. The fourth-order valence-electron chi connectivity index (χ4n) is 1.40. The van der Waals surface area contributed by atoms with Crippen molar-refractivity contribution in [3.8, 4) is 0 Å². The summed E-state index contributed by atoms with van der Waals surface area (Å²) in [5.41, 5.74) is 6.65. The van der Waals surface area contributed by atoms with E-state index in [1.165, 1.54) is 11.3 Å². The van der Waals surface area contributed by atoms with Gasteiger partial charge in [-0.1, -0.05) is 0 Å². The standard InChI is InChI=1S/C11H14N4O3S/c1-5-6(2)18-8(14-5)3-13-11-15-7(4-19-11)9(12)10(16)17/h4,9H,3,12H2,1-2H3,(H,13,15)(H,16,17). The van der Waals surface area contributed by atoms with Crippen molar-refractivity contribution in [1.29, 1.82) is 0 Å². The maximum absolute atomic E-state index is 10.7. The Morgan fingerprint density at radius 3 is 2.89 bits per heavy atom. The third-order valence-electron chi connectivity index (χ3n) is 2.57. The van der Waals surface area contributed by atoms with E-state index < -0.39 is 12.0 Å². The summed E-state index contributed by atoms with van der Waals surface area (Å²) in [6, 6.07) is -1.10. The highest BCUT2D eigenvalue weighted by Crippen LogP contribution is 2.20. The summed E-state index contributed by atoms with van der Waals surface area (Å²) in [7, 11) is 0. The lowest BCUT2D eigenvalue weighted by Crippen LogP contribution is -2.20. The number of aromatic nitrogens is 2. The van der Waals surface area contributed by atoms with Crippen LogP contribution in [0, 0.1) is 13.8 Å². The Balaban J connectivity index is 1.99. The van der Waals surface area contributed by atoms with Gasteiger partial charge in [0.1, 0.15) is 11.8 Å². The highest BCUT2D eigenvalue weighted by atomic mass is 32.1. The predicted molar refractivity (Wildman–Crippen MR) is 70.0 cm³/mol. The first-order chi connectivity index (χ1) is 8.97. The summed E-state index contributed by atoms with van der Waals surface area (Å²) in [5, 5.41) is 14.0. The molecule has 4 N–H and O–H groups in total. The number of rotatable bonds is 5. The van der Waals surface area contributed by atoms with Crippen LogP contribution in [0.25, 0.3) is 0 Å². The van der Waals surface area contributed by atoms with Gasteiger partial charge in [-0.15, -0.1) is 11.3 Å². The number of carboxylic acid groups (broad SMARTS) is 1. The number of carbonyl (C=O) groups is 1. The van der Waals surface area contributed by atoms with Gasteiger partial charge in [-0.3, -0.25) is 4.79 Å². The second-order valence-corrected chi connectivity index (χ2v) is 4.85. The number of carboxylic acids is 1. The molecule has 0 saturated heterocycles. The first-order valence-electron chi connectivity index (χ1n) is 5.58. The molecule has 0 aliphatic rings. The van der Waals surface area contributed by atoms with E-state index in [0.717, 1.165) is 11.5 Å². The summed E-state index contributed by atoms with van der Waals surface area (Å²) in [6.45, 7) is 4.11. The van der Waals surface area contributed by atoms with E-state index in [4.69, 9.17) is 15.3 Å². The molecule has 0 aromatic carbocycles. The minimum atomic E-state index is -1.10. The van der Waals surface area contributed by atoms with Crippen molar-refractivity contribution in [1.82, 2.24) is 9.97 Å². The van der Waals surface area contributed by atoms with Gasteiger partial charge in [0.25, 0.3) is 0 Å². The summed E-state index contributed by atoms with van der Waals surface area (Å²) < 4.78 is 5.41. The maximum Gasteiger partial charge on any atom is 0.326 e. The van der Waals surface area contributed by atoms with Crippen LogP contribution in [0.2, 0.25) is 0 Å². The van der Waals surface area contributed by atoms with Crippen LogP contribution < -0.4 is 11.1 Å². The lowest BCUT2D eigenvalue weighted by atomic mass is 10.2. The topological polar surface area (TPSA) is 114 Å². The summed E-state index contributed by atoms with van der Waals surface area (Å²) in [4.78, 5) is 19.1. The molecule has 1 atom stereocenters. The van der Waals surface area contributed by atoms with Gasteiger partial charge < -0.3 is 20.6 Å². The third-order valence-corrected chi connectivity index (χ3v) is 3.39. The average Bonchev–Trinajstić information content (AvgIpc) is 2.94. The van der Waals surface area contributed by atoms with E-state index in [0.29, 0.717) is 23.3 Å². The first-order valence-corrected chi connectivity index (χ1v) is 6.46. The normalized spacial score (nSPS) is 12.4. The number of oxazole rings is 1. The number of nitrogens with two attached hydrogens (primary N) is 1. The molecule has 2 aromatic heterocycles. The van der Waals surface area contributed by atoms with E-state index in [1.54, 1.807) is 5.38 Å². The van der Waals surface area contributed by atoms with Crippen LogP contribution in [0.4, 0.5) is 5.13 Å². The van der Waals surface area contributed by atoms with Gasteiger partial charge in [-0.2, -0.15) is 0 Å². The van der Waals surface area contributed by atoms with Gasteiger partial charge in [0.2, 0.25) is 5.89 Å². The lowest BCUT2D eigenvalue weighted by molar-refractivity contribution is -0.138. The van der Waals surface area contributed by atoms with E-state index in [1.807, 2.05) is 13.8 Å². The van der Waals surface area contributed by atoms with Crippen molar-refractivity contribution in [2.45, 2.75) is 26.4 Å². The second-order valence-electron chi connectivity index (χ2n) is 4.00. The zero-order valence-electron chi connectivity index (χ0n) is 10.5. The molecule has 0 bridgehead atoms. The first kappa shape index (κ1) is 13.5. The van der Waals surface area contributed by atoms with Crippen LogP contribution in [-0.2, 0) is 11.3 Å². The Kier molecular flexibility index (Phi) is 3.82. The molecule has 2 heterocycles. The average molecular weight is 282 g/mol. The smallest absolute Gasteiger partial charge is 0.326 e. The molecular weight excluding hydrogens is 268 g/mol. The zero-order valence-corrected chi connectivity index (χ0v) is 11.3. The number of hydrogen-bond donors (Lipinski definition) is 3. The molecule has 0 aliphatic carbocycles. The Labute approximate surface area is 113 Å². The molecule has 0 saturated carbocycles. The molecule has 8 heteroatoms. The largest absolute Gasteiger partial charge is 0.480 e. The van der Waals surface area contributed by atoms with Crippen molar-refractivity contribution in [3.05, 3.63) is 28.4 Å². The summed E-state index contributed by atoms with van der Waals surface area (Å²) in [6.07, 6.45) is 0. The Morgan fingerprint density at radius 2 is 2.32 bits per heavy atom. The van der Waals surface area contributed by atoms with Gasteiger partial charge >= 0.3 is 5.97 Å². The number of nitrogens with one attached hydrogen (secondary N) is 1. The van der Waals surface area contributed by atoms with Crippen molar-refractivity contribution in [2.24, 2.45) is 5.73 Å². The van der Waals surface area contributed by atoms with E-state index in [9.17, 15) is 4.79 Å². The van der Waals surface area contributed by atoms with Gasteiger partial charge in [0, 0.05) is 5.38 Å². The summed E-state index contributed by atoms with van der Waals surface area (Å²) in [5.74, 6) is 0.245. The van der Waals surface area contributed by atoms with E-state index in [2.05, 4.69) is 15.3 Å². The zero-order chi connectivity index (χ0) is 14.0. The number of thiazole rings is 1. The predicted octanol–water partition coefficient (Wildman–Crippen LogP) is 1.44. The fraction of sp³-hybridized carbons (Fsp3) is 0.364. The quantitative estimate of drug-likeness (QED) is 0.760.